The molecule has 1 saturated heterocycles. The molecule has 1 aromatic rings. The average Bonchev–Trinajstić information content (AvgIpc) is 2.72. The number of piperidine rings is 1. The maximum atomic E-state index is 12.2. The normalized spacial score (nSPS) is 18.6. The molecule has 1 aliphatic rings. The number of aryl methyl sites for hydroxylation is 2. The molecule has 2 rings (SSSR count). The summed E-state index contributed by atoms with van der Waals surface area (Å²) in [6.45, 7) is 9.02. The van der Waals surface area contributed by atoms with E-state index in [1.165, 1.54) is 12.8 Å². The van der Waals surface area contributed by atoms with Gasteiger partial charge in [0.1, 0.15) is 4.90 Å². The van der Waals surface area contributed by atoms with Gasteiger partial charge in [0.15, 0.2) is 0 Å². The van der Waals surface area contributed by atoms with Gasteiger partial charge in [-0.3, -0.25) is 5.10 Å². The summed E-state index contributed by atoms with van der Waals surface area (Å²) in [5.41, 5.74) is 1.10. The SMILES string of the molecule is Cc1n[nH]c(C)c1S(=O)(=O)NCCN1CCC(C)CC1. The van der Waals surface area contributed by atoms with E-state index in [2.05, 4.69) is 26.7 Å². The minimum Gasteiger partial charge on any atom is -0.302 e. The van der Waals surface area contributed by atoms with Crippen LogP contribution < -0.4 is 4.72 Å². The Morgan fingerprint density at radius 3 is 2.55 bits per heavy atom. The van der Waals surface area contributed by atoms with Crippen LogP contribution in [0.15, 0.2) is 4.90 Å². The monoisotopic (exact) mass is 300 g/mol. The molecule has 1 aliphatic heterocycles. The lowest BCUT2D eigenvalue weighted by atomic mass is 9.99. The fraction of sp³-hybridized carbons (Fsp3) is 0.769. The van der Waals surface area contributed by atoms with Gasteiger partial charge in [-0.25, -0.2) is 13.1 Å². The van der Waals surface area contributed by atoms with Gasteiger partial charge in [0.05, 0.1) is 11.4 Å². The van der Waals surface area contributed by atoms with Crippen LogP contribution in [0, 0.1) is 19.8 Å². The van der Waals surface area contributed by atoms with Gasteiger partial charge in [-0.15, -0.1) is 0 Å². The molecule has 0 aliphatic carbocycles. The van der Waals surface area contributed by atoms with Gasteiger partial charge < -0.3 is 4.90 Å². The first-order chi connectivity index (χ1) is 9.40. The van der Waals surface area contributed by atoms with Crippen molar-refractivity contribution in [2.75, 3.05) is 26.2 Å². The van der Waals surface area contributed by atoms with Gasteiger partial charge in [-0.1, -0.05) is 6.92 Å². The van der Waals surface area contributed by atoms with Crippen molar-refractivity contribution in [2.24, 2.45) is 5.92 Å². The Hall–Kier alpha value is -0.920. The van der Waals surface area contributed by atoms with E-state index in [-0.39, 0.29) is 4.90 Å². The summed E-state index contributed by atoms with van der Waals surface area (Å²) in [6.07, 6.45) is 2.40. The molecule has 0 amide bonds. The zero-order chi connectivity index (χ0) is 14.8. The molecule has 2 N–H and O–H groups in total. The van der Waals surface area contributed by atoms with Crippen LogP contribution in [0.5, 0.6) is 0 Å². The number of hydrogen-bond acceptors (Lipinski definition) is 4. The first-order valence-corrected chi connectivity index (χ1v) is 8.62. The van der Waals surface area contributed by atoms with Crippen molar-refractivity contribution in [2.45, 2.75) is 38.5 Å². The predicted octanol–water partition coefficient (Wildman–Crippen LogP) is 1.04. The number of nitrogens with one attached hydrogen (secondary N) is 2. The van der Waals surface area contributed by atoms with E-state index in [0.717, 1.165) is 25.6 Å². The van der Waals surface area contributed by atoms with Gasteiger partial charge in [0.25, 0.3) is 0 Å². The quantitative estimate of drug-likeness (QED) is 0.851. The number of H-pyrrole nitrogens is 1. The number of nitrogens with zero attached hydrogens (tertiary/aromatic N) is 2. The van der Waals surface area contributed by atoms with Crippen LogP contribution in [0.25, 0.3) is 0 Å². The van der Waals surface area contributed by atoms with Crippen molar-refractivity contribution in [1.82, 2.24) is 19.8 Å². The molecule has 7 heteroatoms. The van der Waals surface area contributed by atoms with Gasteiger partial charge in [-0.2, -0.15) is 5.10 Å². The van der Waals surface area contributed by atoms with Gasteiger partial charge >= 0.3 is 0 Å². The Morgan fingerprint density at radius 1 is 1.35 bits per heavy atom. The van der Waals surface area contributed by atoms with Crippen LogP contribution in [-0.4, -0.2) is 49.7 Å². The van der Waals surface area contributed by atoms with Crippen molar-refractivity contribution in [3.8, 4) is 0 Å². The Bertz CT molecular complexity index is 525. The molecule has 20 heavy (non-hydrogen) atoms. The van der Waals surface area contributed by atoms with Gasteiger partial charge in [0.2, 0.25) is 10.0 Å². The molecule has 0 aromatic carbocycles. The highest BCUT2D eigenvalue weighted by Crippen LogP contribution is 2.17. The number of sulfonamides is 1. The molecule has 1 aromatic heterocycles. The minimum absolute atomic E-state index is 0.282. The fourth-order valence-corrected chi connectivity index (χ4v) is 4.02. The van der Waals surface area contributed by atoms with Crippen molar-refractivity contribution < 1.29 is 8.42 Å². The van der Waals surface area contributed by atoms with Crippen molar-refractivity contribution >= 4 is 10.0 Å². The molecule has 0 atom stereocenters. The number of hydrogen-bond donors (Lipinski definition) is 2. The van der Waals surface area contributed by atoms with E-state index in [9.17, 15) is 8.42 Å². The third kappa shape index (κ3) is 3.59. The lowest BCUT2D eigenvalue weighted by Gasteiger charge is -2.30. The van der Waals surface area contributed by atoms with Crippen molar-refractivity contribution in [1.29, 1.82) is 0 Å². The lowest BCUT2D eigenvalue weighted by Crippen LogP contribution is -2.39. The van der Waals surface area contributed by atoms with E-state index in [0.29, 0.717) is 17.9 Å². The van der Waals surface area contributed by atoms with Crippen LogP contribution in [0.1, 0.15) is 31.2 Å². The molecule has 114 valence electrons. The maximum absolute atomic E-state index is 12.2. The first kappa shape index (κ1) is 15.5. The molecular weight excluding hydrogens is 276 g/mol. The van der Waals surface area contributed by atoms with E-state index < -0.39 is 10.0 Å². The summed E-state index contributed by atoms with van der Waals surface area (Å²) < 4.78 is 27.2. The number of likely N-dealkylation sites (tertiary alicyclic amines) is 1. The summed E-state index contributed by atoms with van der Waals surface area (Å²) in [6, 6.07) is 0. The smallest absolute Gasteiger partial charge is 0.244 e. The highest BCUT2D eigenvalue weighted by Gasteiger charge is 2.22. The van der Waals surface area contributed by atoms with E-state index in [4.69, 9.17) is 0 Å². The number of aromatic nitrogens is 2. The predicted molar refractivity (Wildman–Crippen MR) is 78.1 cm³/mol. The molecule has 0 bridgehead atoms. The maximum Gasteiger partial charge on any atom is 0.244 e. The van der Waals surface area contributed by atoms with Crippen LogP contribution in [0.2, 0.25) is 0 Å². The van der Waals surface area contributed by atoms with E-state index in [1.54, 1.807) is 13.8 Å². The largest absolute Gasteiger partial charge is 0.302 e. The molecule has 6 nitrogen and oxygen atoms in total. The lowest BCUT2D eigenvalue weighted by molar-refractivity contribution is 0.195. The highest BCUT2D eigenvalue weighted by molar-refractivity contribution is 7.89. The molecule has 0 radical (unpaired) electrons. The third-order valence-corrected chi connectivity index (χ3v) is 5.65. The molecule has 0 saturated carbocycles. The van der Waals surface area contributed by atoms with Crippen LogP contribution in [0.3, 0.4) is 0 Å². The highest BCUT2D eigenvalue weighted by atomic mass is 32.2. The van der Waals surface area contributed by atoms with Crippen molar-refractivity contribution in [3.05, 3.63) is 11.4 Å². The molecule has 1 fully saturated rings. The van der Waals surface area contributed by atoms with Crippen molar-refractivity contribution in [3.63, 3.8) is 0 Å². The zero-order valence-electron chi connectivity index (χ0n) is 12.4. The Balaban J connectivity index is 1.87. The van der Waals surface area contributed by atoms with Crippen LogP contribution in [-0.2, 0) is 10.0 Å². The fourth-order valence-electron chi connectivity index (χ4n) is 2.63. The summed E-state index contributed by atoms with van der Waals surface area (Å²) in [7, 11) is -3.46. The Labute approximate surface area is 121 Å². The summed E-state index contributed by atoms with van der Waals surface area (Å²) in [5.74, 6) is 0.791. The van der Waals surface area contributed by atoms with Crippen LogP contribution >= 0.6 is 0 Å². The molecule has 0 unspecified atom stereocenters. The summed E-state index contributed by atoms with van der Waals surface area (Å²) >= 11 is 0. The molecule has 0 spiro atoms. The van der Waals surface area contributed by atoms with E-state index in [1.807, 2.05) is 0 Å². The first-order valence-electron chi connectivity index (χ1n) is 7.13. The summed E-state index contributed by atoms with van der Waals surface area (Å²) in [5, 5.41) is 6.64. The van der Waals surface area contributed by atoms with Crippen LogP contribution in [0.4, 0.5) is 0 Å². The second kappa shape index (κ2) is 6.24. The Kier molecular flexibility index (Phi) is 4.82. The second-order valence-corrected chi connectivity index (χ2v) is 7.39. The standard InChI is InChI=1S/C13H24N4O2S/c1-10-4-7-17(8-5-10)9-6-14-20(18,19)13-11(2)15-16-12(13)3/h10,14H,4-9H2,1-3H3,(H,15,16). The van der Waals surface area contributed by atoms with Gasteiger partial charge in [0, 0.05) is 13.1 Å². The Morgan fingerprint density at radius 2 is 2.00 bits per heavy atom. The minimum atomic E-state index is -3.46. The van der Waals surface area contributed by atoms with Gasteiger partial charge in [-0.05, 0) is 45.7 Å². The number of rotatable bonds is 5. The molecular formula is C13H24N4O2S. The molecule has 2 heterocycles. The zero-order valence-corrected chi connectivity index (χ0v) is 13.3. The number of aromatic amines is 1. The van der Waals surface area contributed by atoms with E-state index >= 15 is 0 Å². The summed E-state index contributed by atoms with van der Waals surface area (Å²) in [4.78, 5) is 2.60. The second-order valence-electron chi connectivity index (χ2n) is 5.69. The third-order valence-electron chi connectivity index (χ3n) is 3.93. The average molecular weight is 300 g/mol. The topological polar surface area (TPSA) is 78.1 Å².